The average molecular weight is 299 g/mol. The van der Waals surface area contributed by atoms with Crippen molar-refractivity contribution < 1.29 is 8.42 Å². The van der Waals surface area contributed by atoms with E-state index in [0.29, 0.717) is 45.2 Å². The van der Waals surface area contributed by atoms with Crippen molar-refractivity contribution >= 4 is 16.2 Å². The summed E-state index contributed by atoms with van der Waals surface area (Å²) < 4.78 is 27.8. The zero-order valence-electron chi connectivity index (χ0n) is 11.9. The van der Waals surface area contributed by atoms with Crippen molar-refractivity contribution in [1.29, 1.82) is 0 Å². The second kappa shape index (κ2) is 6.47. The third-order valence-corrected chi connectivity index (χ3v) is 5.62. The first kappa shape index (κ1) is 15.1. The first-order valence-electron chi connectivity index (χ1n) is 6.86. The fourth-order valence-electron chi connectivity index (χ4n) is 2.29. The van der Waals surface area contributed by atoms with Crippen LogP contribution in [-0.2, 0) is 10.2 Å². The van der Waals surface area contributed by atoms with Crippen LogP contribution < -0.4 is 4.90 Å². The SMILES string of the molecule is CCN(CC)S(=O)(=O)N1CCN(c2ncccn2)CC1. The number of nitrogens with zero attached hydrogens (tertiary/aromatic N) is 5. The predicted molar refractivity (Wildman–Crippen MR) is 77.7 cm³/mol. The summed E-state index contributed by atoms with van der Waals surface area (Å²) in [7, 11) is -3.33. The molecule has 0 bridgehead atoms. The van der Waals surface area contributed by atoms with Crippen LogP contribution in [-0.4, -0.2) is 66.3 Å². The monoisotopic (exact) mass is 299 g/mol. The fraction of sp³-hybridized carbons (Fsp3) is 0.667. The fourth-order valence-corrected chi connectivity index (χ4v) is 3.89. The summed E-state index contributed by atoms with van der Waals surface area (Å²) in [4.78, 5) is 10.4. The van der Waals surface area contributed by atoms with Gasteiger partial charge in [0.05, 0.1) is 0 Å². The minimum atomic E-state index is -3.33. The van der Waals surface area contributed by atoms with E-state index in [9.17, 15) is 8.42 Å². The Kier molecular flexibility index (Phi) is 4.90. The molecule has 0 unspecified atom stereocenters. The van der Waals surface area contributed by atoms with Crippen LogP contribution in [0.3, 0.4) is 0 Å². The molecule has 0 N–H and O–H groups in total. The summed E-state index contributed by atoms with van der Waals surface area (Å²) in [6.07, 6.45) is 3.39. The van der Waals surface area contributed by atoms with Gasteiger partial charge in [0.2, 0.25) is 5.95 Å². The van der Waals surface area contributed by atoms with E-state index >= 15 is 0 Å². The zero-order chi connectivity index (χ0) is 14.6. The minimum Gasteiger partial charge on any atom is -0.338 e. The number of hydrogen-bond acceptors (Lipinski definition) is 5. The maximum absolute atomic E-state index is 12.4. The highest BCUT2D eigenvalue weighted by Crippen LogP contribution is 2.14. The van der Waals surface area contributed by atoms with Gasteiger partial charge in [0, 0.05) is 51.7 Å². The maximum Gasteiger partial charge on any atom is 0.282 e. The molecule has 112 valence electrons. The first-order valence-corrected chi connectivity index (χ1v) is 8.26. The van der Waals surface area contributed by atoms with Crippen molar-refractivity contribution in [3.8, 4) is 0 Å². The van der Waals surface area contributed by atoms with Gasteiger partial charge in [0.15, 0.2) is 0 Å². The van der Waals surface area contributed by atoms with Gasteiger partial charge in [-0.3, -0.25) is 0 Å². The van der Waals surface area contributed by atoms with Crippen molar-refractivity contribution in [1.82, 2.24) is 18.6 Å². The van der Waals surface area contributed by atoms with E-state index in [2.05, 4.69) is 9.97 Å². The number of hydrogen-bond donors (Lipinski definition) is 0. The first-order chi connectivity index (χ1) is 9.59. The van der Waals surface area contributed by atoms with Crippen molar-refractivity contribution in [3.05, 3.63) is 18.5 Å². The highest BCUT2D eigenvalue weighted by atomic mass is 32.2. The number of piperazine rings is 1. The van der Waals surface area contributed by atoms with Crippen LogP contribution in [0.4, 0.5) is 5.95 Å². The van der Waals surface area contributed by atoms with E-state index in [1.807, 2.05) is 18.7 Å². The molecule has 0 spiro atoms. The Hall–Kier alpha value is -1.25. The van der Waals surface area contributed by atoms with Crippen molar-refractivity contribution in [2.24, 2.45) is 0 Å². The Morgan fingerprint density at radius 1 is 1.10 bits per heavy atom. The second-order valence-electron chi connectivity index (χ2n) is 4.53. The van der Waals surface area contributed by atoms with Crippen LogP contribution in [0.2, 0.25) is 0 Å². The molecule has 1 aliphatic rings. The summed E-state index contributed by atoms with van der Waals surface area (Å²) in [6, 6.07) is 1.77. The highest BCUT2D eigenvalue weighted by molar-refractivity contribution is 7.86. The van der Waals surface area contributed by atoms with Crippen LogP contribution >= 0.6 is 0 Å². The van der Waals surface area contributed by atoms with Gasteiger partial charge in [-0.25, -0.2) is 9.97 Å². The smallest absolute Gasteiger partial charge is 0.282 e. The summed E-state index contributed by atoms with van der Waals surface area (Å²) in [5.41, 5.74) is 0. The molecule has 2 rings (SSSR count). The topological polar surface area (TPSA) is 69.6 Å². The van der Waals surface area contributed by atoms with Crippen LogP contribution in [0.25, 0.3) is 0 Å². The Morgan fingerprint density at radius 2 is 1.65 bits per heavy atom. The van der Waals surface area contributed by atoms with Crippen LogP contribution in [0.15, 0.2) is 18.5 Å². The molecule has 20 heavy (non-hydrogen) atoms. The van der Waals surface area contributed by atoms with Gasteiger partial charge in [-0.2, -0.15) is 17.0 Å². The zero-order valence-corrected chi connectivity index (χ0v) is 12.8. The Labute approximate surface area is 120 Å². The quantitative estimate of drug-likeness (QED) is 0.776. The normalized spacial score (nSPS) is 17.6. The van der Waals surface area contributed by atoms with Crippen LogP contribution in [0.1, 0.15) is 13.8 Å². The lowest BCUT2D eigenvalue weighted by Crippen LogP contribution is -2.53. The summed E-state index contributed by atoms with van der Waals surface area (Å²) >= 11 is 0. The lowest BCUT2D eigenvalue weighted by atomic mass is 10.4. The van der Waals surface area contributed by atoms with E-state index < -0.39 is 10.2 Å². The molecule has 0 aliphatic carbocycles. The van der Waals surface area contributed by atoms with Crippen molar-refractivity contribution in [3.63, 3.8) is 0 Å². The molecule has 1 aromatic heterocycles. The largest absolute Gasteiger partial charge is 0.338 e. The average Bonchev–Trinajstić information content (AvgIpc) is 2.49. The molecule has 7 nitrogen and oxygen atoms in total. The molecule has 1 fully saturated rings. The van der Waals surface area contributed by atoms with Gasteiger partial charge in [-0.15, -0.1) is 0 Å². The van der Waals surface area contributed by atoms with Crippen LogP contribution in [0.5, 0.6) is 0 Å². The summed E-state index contributed by atoms with van der Waals surface area (Å²) in [6.45, 7) is 6.88. The van der Waals surface area contributed by atoms with Gasteiger partial charge in [-0.05, 0) is 6.07 Å². The molecule has 1 aromatic rings. The predicted octanol–water partition coefficient (Wildman–Crippen LogP) is 0.185. The minimum absolute atomic E-state index is 0.469. The van der Waals surface area contributed by atoms with Crippen molar-refractivity contribution in [2.75, 3.05) is 44.2 Å². The molecular formula is C12H21N5O2S. The molecule has 2 heterocycles. The van der Waals surface area contributed by atoms with E-state index in [4.69, 9.17) is 0 Å². The molecular weight excluding hydrogens is 278 g/mol. The lowest BCUT2D eigenvalue weighted by molar-refractivity contribution is 0.333. The number of aromatic nitrogens is 2. The Bertz CT molecular complexity index is 510. The number of anilines is 1. The Balaban J connectivity index is 2.01. The van der Waals surface area contributed by atoms with Gasteiger partial charge in [0.1, 0.15) is 0 Å². The standard InChI is InChI=1S/C12H21N5O2S/c1-3-16(4-2)20(18,19)17-10-8-15(9-11-17)12-13-6-5-7-14-12/h5-7H,3-4,8-11H2,1-2H3. The lowest BCUT2D eigenvalue weighted by Gasteiger charge is -2.36. The molecule has 0 saturated carbocycles. The molecule has 1 aliphatic heterocycles. The van der Waals surface area contributed by atoms with Crippen molar-refractivity contribution in [2.45, 2.75) is 13.8 Å². The third-order valence-electron chi connectivity index (χ3n) is 3.43. The van der Waals surface area contributed by atoms with Gasteiger partial charge < -0.3 is 4.90 Å². The maximum atomic E-state index is 12.4. The van der Waals surface area contributed by atoms with E-state index in [-0.39, 0.29) is 0 Å². The van der Waals surface area contributed by atoms with E-state index in [0.717, 1.165) is 0 Å². The molecule has 0 aromatic carbocycles. The third kappa shape index (κ3) is 3.08. The van der Waals surface area contributed by atoms with E-state index in [1.54, 1.807) is 22.8 Å². The van der Waals surface area contributed by atoms with Gasteiger partial charge >= 0.3 is 0 Å². The summed E-state index contributed by atoms with van der Waals surface area (Å²) in [5, 5.41) is 0. The molecule has 8 heteroatoms. The Morgan fingerprint density at radius 3 is 2.15 bits per heavy atom. The summed E-state index contributed by atoms with van der Waals surface area (Å²) in [5.74, 6) is 0.660. The molecule has 0 atom stereocenters. The van der Waals surface area contributed by atoms with Gasteiger partial charge in [0.25, 0.3) is 10.2 Å². The molecule has 0 radical (unpaired) electrons. The second-order valence-corrected chi connectivity index (χ2v) is 6.46. The highest BCUT2D eigenvalue weighted by Gasteiger charge is 2.31. The molecule has 1 saturated heterocycles. The van der Waals surface area contributed by atoms with Crippen LogP contribution in [0, 0.1) is 0 Å². The molecule has 0 amide bonds. The number of rotatable bonds is 5. The van der Waals surface area contributed by atoms with Gasteiger partial charge in [-0.1, -0.05) is 13.8 Å². The van der Waals surface area contributed by atoms with E-state index in [1.165, 1.54) is 4.31 Å².